The summed E-state index contributed by atoms with van der Waals surface area (Å²) in [6, 6.07) is 6.08. The van der Waals surface area contributed by atoms with Crippen molar-refractivity contribution in [2.24, 2.45) is 0 Å². The van der Waals surface area contributed by atoms with Crippen molar-refractivity contribution in [1.82, 2.24) is 0 Å². The minimum Gasteiger partial charge on any atom is -0.508 e. The summed E-state index contributed by atoms with van der Waals surface area (Å²) in [6.45, 7) is 13.2. The summed E-state index contributed by atoms with van der Waals surface area (Å²) in [5, 5.41) is 10.0. The van der Waals surface area contributed by atoms with Gasteiger partial charge in [0.1, 0.15) is 5.75 Å². The summed E-state index contributed by atoms with van der Waals surface area (Å²) in [5.41, 5.74) is 2.59. The van der Waals surface area contributed by atoms with E-state index in [2.05, 4.69) is 47.6 Å². The average Bonchev–Trinajstić information content (AvgIpc) is 2.38. The molecular formula is C16H29O4P. The Labute approximate surface area is 129 Å². The number of hydrogen-bond donors (Lipinski definition) is 4. The van der Waals surface area contributed by atoms with Crippen molar-refractivity contribution in [3.63, 3.8) is 0 Å². The summed E-state index contributed by atoms with van der Waals surface area (Å²) in [5.74, 6) is 0.424. The molecule has 0 fully saturated rings. The molecule has 0 spiro atoms. The zero-order chi connectivity index (χ0) is 16.8. The van der Waals surface area contributed by atoms with Gasteiger partial charge in [-0.1, -0.05) is 53.7 Å². The standard InChI is InChI=1S/C16H26O.H3O3P/c1-7-15(3,4)12-9-10-14(17)13(11-12)16(5,6)8-2;1-4(2)3/h9-11,17H,7-8H2,1-6H3;1-3H. The quantitative estimate of drug-likeness (QED) is 0.634. The third-order valence-corrected chi connectivity index (χ3v) is 4.27. The van der Waals surface area contributed by atoms with Crippen LogP contribution in [0.15, 0.2) is 18.2 Å². The Hall–Kier alpha value is -0.670. The Morgan fingerprint density at radius 1 is 0.905 bits per heavy atom. The first-order valence-electron chi connectivity index (χ1n) is 7.18. The number of phenols is 1. The smallest absolute Gasteiger partial charge is 0.324 e. The van der Waals surface area contributed by atoms with Crippen molar-refractivity contribution in [3.8, 4) is 5.75 Å². The molecule has 122 valence electrons. The molecule has 0 heterocycles. The van der Waals surface area contributed by atoms with Crippen LogP contribution in [-0.4, -0.2) is 19.8 Å². The van der Waals surface area contributed by atoms with Crippen LogP contribution in [0.1, 0.15) is 65.5 Å². The molecule has 4 nitrogen and oxygen atoms in total. The molecule has 1 aromatic carbocycles. The van der Waals surface area contributed by atoms with E-state index in [-0.39, 0.29) is 10.8 Å². The molecule has 4 N–H and O–H groups in total. The highest BCUT2D eigenvalue weighted by atomic mass is 31.2. The van der Waals surface area contributed by atoms with Crippen LogP contribution in [0.25, 0.3) is 0 Å². The second-order valence-corrected chi connectivity index (χ2v) is 7.01. The van der Waals surface area contributed by atoms with E-state index in [0.29, 0.717) is 5.75 Å². The lowest BCUT2D eigenvalue weighted by Gasteiger charge is -2.29. The highest BCUT2D eigenvalue weighted by molar-refractivity contribution is 7.38. The van der Waals surface area contributed by atoms with Gasteiger partial charge in [0.05, 0.1) is 0 Å². The fraction of sp³-hybridized carbons (Fsp3) is 0.625. The van der Waals surface area contributed by atoms with Crippen LogP contribution >= 0.6 is 8.60 Å². The predicted molar refractivity (Wildman–Crippen MR) is 88.3 cm³/mol. The van der Waals surface area contributed by atoms with Gasteiger partial charge in [-0.3, -0.25) is 0 Å². The third kappa shape index (κ3) is 6.31. The molecule has 0 amide bonds. The molecule has 0 atom stereocenters. The molecule has 1 aromatic rings. The number of rotatable bonds is 4. The monoisotopic (exact) mass is 316 g/mol. The van der Waals surface area contributed by atoms with Crippen molar-refractivity contribution < 1.29 is 19.8 Å². The van der Waals surface area contributed by atoms with Crippen LogP contribution in [0.5, 0.6) is 5.75 Å². The maximum atomic E-state index is 10.0. The zero-order valence-electron chi connectivity index (χ0n) is 13.9. The molecular weight excluding hydrogens is 287 g/mol. The minimum absolute atomic E-state index is 0.0317. The Morgan fingerprint density at radius 2 is 1.33 bits per heavy atom. The first kappa shape index (κ1) is 20.3. The highest BCUT2D eigenvalue weighted by Gasteiger charge is 2.25. The lowest BCUT2D eigenvalue weighted by molar-refractivity contribution is 0.368. The van der Waals surface area contributed by atoms with Crippen molar-refractivity contribution in [2.75, 3.05) is 0 Å². The second-order valence-electron chi connectivity index (χ2n) is 6.48. The molecule has 1 rings (SSSR count). The van der Waals surface area contributed by atoms with Gasteiger partial charge in [-0.2, -0.15) is 0 Å². The molecule has 0 bridgehead atoms. The van der Waals surface area contributed by atoms with Crippen LogP contribution in [0.4, 0.5) is 0 Å². The van der Waals surface area contributed by atoms with Crippen LogP contribution in [0, 0.1) is 0 Å². The topological polar surface area (TPSA) is 80.9 Å². The molecule has 0 aliphatic heterocycles. The number of phenolic OH excluding ortho intramolecular Hbond substituents is 1. The third-order valence-electron chi connectivity index (χ3n) is 4.27. The van der Waals surface area contributed by atoms with E-state index in [1.165, 1.54) is 5.56 Å². The van der Waals surface area contributed by atoms with E-state index in [9.17, 15) is 5.11 Å². The van der Waals surface area contributed by atoms with Gasteiger partial charge >= 0.3 is 8.60 Å². The minimum atomic E-state index is -2.62. The van der Waals surface area contributed by atoms with Crippen molar-refractivity contribution in [2.45, 2.75) is 65.2 Å². The maximum Gasteiger partial charge on any atom is 0.324 e. The second kappa shape index (κ2) is 8.09. The van der Waals surface area contributed by atoms with Gasteiger partial charge in [0.2, 0.25) is 0 Å². The molecule has 0 aliphatic rings. The summed E-state index contributed by atoms with van der Waals surface area (Å²) < 4.78 is 0. The molecule has 5 heteroatoms. The fourth-order valence-electron chi connectivity index (χ4n) is 1.89. The van der Waals surface area contributed by atoms with Gasteiger partial charge in [0, 0.05) is 0 Å². The van der Waals surface area contributed by atoms with E-state index in [1.807, 2.05) is 12.1 Å². The largest absolute Gasteiger partial charge is 0.508 e. The number of hydrogen-bond acceptors (Lipinski definition) is 4. The van der Waals surface area contributed by atoms with Crippen LogP contribution in [-0.2, 0) is 10.8 Å². The van der Waals surface area contributed by atoms with E-state index in [1.54, 1.807) is 0 Å². The maximum absolute atomic E-state index is 10.0. The zero-order valence-corrected chi connectivity index (χ0v) is 14.8. The molecule has 0 unspecified atom stereocenters. The molecule has 21 heavy (non-hydrogen) atoms. The van der Waals surface area contributed by atoms with Crippen LogP contribution in [0.3, 0.4) is 0 Å². The summed E-state index contributed by atoms with van der Waals surface area (Å²) >= 11 is 0. The van der Waals surface area contributed by atoms with Crippen LogP contribution in [0.2, 0.25) is 0 Å². The van der Waals surface area contributed by atoms with Crippen molar-refractivity contribution in [3.05, 3.63) is 29.3 Å². The van der Waals surface area contributed by atoms with Crippen molar-refractivity contribution in [1.29, 1.82) is 0 Å². The summed E-state index contributed by atoms with van der Waals surface area (Å²) in [7, 11) is -2.62. The predicted octanol–water partition coefficient (Wildman–Crippen LogP) is 3.96. The number of benzene rings is 1. The highest BCUT2D eigenvalue weighted by Crippen LogP contribution is 2.37. The lowest BCUT2D eigenvalue weighted by Crippen LogP contribution is -2.20. The Balaban J connectivity index is 0.000000885. The van der Waals surface area contributed by atoms with Gasteiger partial charge in [-0.25, -0.2) is 0 Å². The Bertz CT molecular complexity index is 439. The van der Waals surface area contributed by atoms with Gasteiger partial charge in [0.15, 0.2) is 0 Å². The van der Waals surface area contributed by atoms with Gasteiger partial charge in [0.25, 0.3) is 0 Å². The normalized spacial score (nSPS) is 12.1. The van der Waals surface area contributed by atoms with E-state index in [4.69, 9.17) is 14.7 Å². The first-order valence-corrected chi connectivity index (χ1v) is 8.38. The molecule has 0 aromatic heterocycles. The average molecular weight is 316 g/mol. The SMILES string of the molecule is CCC(C)(C)c1ccc(O)c(C(C)(C)CC)c1.OP(O)O. The van der Waals surface area contributed by atoms with Gasteiger partial charge in [-0.05, 0) is 40.9 Å². The fourth-order valence-corrected chi connectivity index (χ4v) is 1.89. The van der Waals surface area contributed by atoms with Crippen LogP contribution < -0.4 is 0 Å². The van der Waals surface area contributed by atoms with Crippen molar-refractivity contribution >= 4 is 8.60 Å². The summed E-state index contributed by atoms with van der Waals surface area (Å²) in [6.07, 6.45) is 2.13. The Morgan fingerprint density at radius 3 is 1.71 bits per heavy atom. The summed E-state index contributed by atoms with van der Waals surface area (Å²) in [4.78, 5) is 21.7. The molecule has 0 radical (unpaired) electrons. The lowest BCUT2D eigenvalue weighted by atomic mass is 9.76. The van der Waals surface area contributed by atoms with E-state index < -0.39 is 8.60 Å². The van der Waals surface area contributed by atoms with E-state index >= 15 is 0 Å². The Kier molecular flexibility index (Phi) is 7.83. The van der Waals surface area contributed by atoms with E-state index in [0.717, 1.165) is 18.4 Å². The molecule has 0 saturated carbocycles. The van der Waals surface area contributed by atoms with Gasteiger partial charge < -0.3 is 19.8 Å². The van der Waals surface area contributed by atoms with Gasteiger partial charge in [-0.15, -0.1) is 0 Å². The molecule has 0 aliphatic carbocycles. The molecule has 0 saturated heterocycles. The number of aromatic hydroxyl groups is 1. The first-order chi connectivity index (χ1) is 9.47.